The molecule has 4 N–H and O–H groups in total. The van der Waals surface area contributed by atoms with E-state index in [-0.39, 0.29) is 23.8 Å². The van der Waals surface area contributed by atoms with Gasteiger partial charge in [-0.05, 0) is 44.5 Å². The fraction of sp³-hybridized carbons (Fsp3) is 0.579. The van der Waals surface area contributed by atoms with Gasteiger partial charge in [-0.15, -0.1) is 0 Å². The summed E-state index contributed by atoms with van der Waals surface area (Å²) in [6.45, 7) is 7.67. The van der Waals surface area contributed by atoms with Crippen LogP contribution in [0.4, 0.5) is 0 Å². The van der Waals surface area contributed by atoms with Crippen molar-refractivity contribution in [1.82, 2.24) is 16.0 Å². The Morgan fingerprint density at radius 2 is 2.15 bits per heavy atom. The van der Waals surface area contributed by atoms with Gasteiger partial charge in [0.15, 0.2) is 5.96 Å². The van der Waals surface area contributed by atoms with Crippen molar-refractivity contribution in [3.8, 4) is 5.75 Å². The molecule has 8 nitrogen and oxygen atoms in total. The number of amides is 1. The Morgan fingerprint density at radius 3 is 2.81 bits per heavy atom. The van der Waals surface area contributed by atoms with Crippen LogP contribution in [0.25, 0.3) is 0 Å². The van der Waals surface area contributed by atoms with Crippen molar-refractivity contribution in [2.45, 2.75) is 32.4 Å². The number of phenols is 1. The van der Waals surface area contributed by atoms with Crippen LogP contribution in [0.3, 0.4) is 0 Å². The smallest absolute Gasteiger partial charge is 0.251 e. The van der Waals surface area contributed by atoms with E-state index < -0.39 is 0 Å². The van der Waals surface area contributed by atoms with Gasteiger partial charge in [0, 0.05) is 31.3 Å². The van der Waals surface area contributed by atoms with E-state index in [1.165, 1.54) is 12.1 Å². The van der Waals surface area contributed by atoms with Crippen molar-refractivity contribution in [3.05, 3.63) is 29.8 Å². The quantitative estimate of drug-likeness (QED) is 0.289. The van der Waals surface area contributed by atoms with Crippen LogP contribution < -0.4 is 16.0 Å². The van der Waals surface area contributed by atoms with E-state index in [1.54, 1.807) is 12.1 Å². The Kier molecular flexibility index (Phi) is 8.86. The van der Waals surface area contributed by atoms with Crippen molar-refractivity contribution in [1.29, 1.82) is 0 Å². The molecule has 0 spiro atoms. The summed E-state index contributed by atoms with van der Waals surface area (Å²) >= 11 is 0. The van der Waals surface area contributed by atoms with E-state index in [1.807, 2.05) is 13.8 Å². The Labute approximate surface area is 160 Å². The third kappa shape index (κ3) is 7.84. The summed E-state index contributed by atoms with van der Waals surface area (Å²) in [7, 11) is 0. The van der Waals surface area contributed by atoms with Crippen molar-refractivity contribution < 1.29 is 19.4 Å². The Balaban J connectivity index is 1.71. The molecule has 1 fully saturated rings. The van der Waals surface area contributed by atoms with Gasteiger partial charge in [-0.3, -0.25) is 9.79 Å². The van der Waals surface area contributed by atoms with Crippen molar-refractivity contribution in [2.75, 3.05) is 39.5 Å². The molecule has 1 saturated heterocycles. The lowest BCUT2D eigenvalue weighted by atomic mass is 10.2. The topological polar surface area (TPSA) is 104 Å². The SMILES string of the molecule is CCNC(=NCCNC(=O)c1ccc(O)cc1)NC(C)COC1CCOC1. The summed E-state index contributed by atoms with van der Waals surface area (Å²) in [6, 6.07) is 6.24. The number of nitrogens with zero attached hydrogens (tertiary/aromatic N) is 1. The zero-order valence-corrected chi connectivity index (χ0v) is 16.0. The first-order valence-corrected chi connectivity index (χ1v) is 9.40. The maximum absolute atomic E-state index is 12.0. The molecule has 1 aliphatic rings. The Morgan fingerprint density at radius 1 is 1.37 bits per heavy atom. The van der Waals surface area contributed by atoms with Gasteiger partial charge in [-0.25, -0.2) is 0 Å². The lowest BCUT2D eigenvalue weighted by Crippen LogP contribution is -2.45. The highest BCUT2D eigenvalue weighted by Gasteiger charge is 2.17. The Bertz CT molecular complexity index is 600. The van der Waals surface area contributed by atoms with Crippen molar-refractivity contribution in [3.63, 3.8) is 0 Å². The molecule has 2 unspecified atom stereocenters. The molecule has 0 bridgehead atoms. The second-order valence-corrected chi connectivity index (χ2v) is 6.43. The first-order valence-electron chi connectivity index (χ1n) is 9.40. The maximum atomic E-state index is 12.0. The van der Waals surface area contributed by atoms with Gasteiger partial charge in [-0.1, -0.05) is 0 Å². The van der Waals surface area contributed by atoms with E-state index in [0.717, 1.165) is 19.6 Å². The number of carbonyl (C=O) groups excluding carboxylic acids is 1. The molecule has 1 amide bonds. The highest BCUT2D eigenvalue weighted by Crippen LogP contribution is 2.09. The monoisotopic (exact) mass is 378 g/mol. The fourth-order valence-electron chi connectivity index (χ4n) is 2.57. The highest BCUT2D eigenvalue weighted by molar-refractivity contribution is 5.94. The molecule has 150 valence electrons. The lowest BCUT2D eigenvalue weighted by Gasteiger charge is -2.19. The summed E-state index contributed by atoms with van der Waals surface area (Å²) < 4.78 is 11.1. The molecule has 27 heavy (non-hydrogen) atoms. The predicted octanol–water partition coefficient (Wildman–Crippen LogP) is 0.871. The van der Waals surface area contributed by atoms with E-state index in [4.69, 9.17) is 9.47 Å². The van der Waals surface area contributed by atoms with E-state index in [2.05, 4.69) is 20.9 Å². The zero-order valence-electron chi connectivity index (χ0n) is 16.0. The number of nitrogens with one attached hydrogen (secondary N) is 3. The number of hydrogen-bond donors (Lipinski definition) is 4. The van der Waals surface area contributed by atoms with Gasteiger partial charge in [0.1, 0.15) is 5.75 Å². The lowest BCUT2D eigenvalue weighted by molar-refractivity contribution is 0.0347. The van der Waals surface area contributed by atoms with Gasteiger partial charge in [0.2, 0.25) is 0 Å². The molecular formula is C19H30N4O4. The third-order valence-electron chi connectivity index (χ3n) is 3.99. The number of aromatic hydroxyl groups is 1. The van der Waals surface area contributed by atoms with Gasteiger partial charge in [0.25, 0.3) is 5.91 Å². The number of phenolic OH excluding ortho intramolecular Hbond substituents is 1. The molecule has 1 aromatic carbocycles. The second kappa shape index (κ2) is 11.4. The number of aliphatic imine (C=N–C) groups is 1. The minimum absolute atomic E-state index is 0.106. The fourth-order valence-corrected chi connectivity index (χ4v) is 2.57. The van der Waals surface area contributed by atoms with Gasteiger partial charge < -0.3 is 30.5 Å². The minimum Gasteiger partial charge on any atom is -0.508 e. The van der Waals surface area contributed by atoms with Gasteiger partial charge in [-0.2, -0.15) is 0 Å². The molecule has 8 heteroatoms. The first-order chi connectivity index (χ1) is 13.1. The predicted molar refractivity (Wildman–Crippen MR) is 104 cm³/mol. The first kappa shape index (κ1) is 21.0. The van der Waals surface area contributed by atoms with E-state index in [0.29, 0.717) is 37.8 Å². The van der Waals surface area contributed by atoms with Crippen LogP contribution >= 0.6 is 0 Å². The summed E-state index contributed by atoms with van der Waals surface area (Å²) in [5, 5.41) is 18.6. The number of hydrogen-bond acceptors (Lipinski definition) is 5. The number of benzene rings is 1. The van der Waals surface area contributed by atoms with E-state index in [9.17, 15) is 9.90 Å². The third-order valence-corrected chi connectivity index (χ3v) is 3.99. The van der Waals surface area contributed by atoms with Crippen LogP contribution in [0, 0.1) is 0 Å². The van der Waals surface area contributed by atoms with Crippen LogP contribution in [-0.2, 0) is 9.47 Å². The summed E-state index contributed by atoms with van der Waals surface area (Å²) in [5.74, 6) is 0.634. The maximum Gasteiger partial charge on any atom is 0.251 e. The number of carbonyl (C=O) groups is 1. The van der Waals surface area contributed by atoms with Gasteiger partial charge >= 0.3 is 0 Å². The number of ether oxygens (including phenoxy) is 2. The summed E-state index contributed by atoms with van der Waals surface area (Å²) in [5.41, 5.74) is 0.503. The van der Waals surface area contributed by atoms with Crippen LogP contribution in [0.2, 0.25) is 0 Å². The molecule has 2 rings (SSSR count). The van der Waals surface area contributed by atoms with Crippen molar-refractivity contribution >= 4 is 11.9 Å². The van der Waals surface area contributed by atoms with Crippen LogP contribution in [0.5, 0.6) is 5.75 Å². The van der Waals surface area contributed by atoms with E-state index >= 15 is 0 Å². The number of guanidine groups is 1. The average molecular weight is 378 g/mol. The molecule has 1 aromatic rings. The molecule has 2 atom stereocenters. The second-order valence-electron chi connectivity index (χ2n) is 6.43. The summed E-state index contributed by atoms with van der Waals surface area (Å²) in [4.78, 5) is 16.5. The van der Waals surface area contributed by atoms with Crippen molar-refractivity contribution in [2.24, 2.45) is 4.99 Å². The molecule has 0 saturated carbocycles. The molecule has 0 aromatic heterocycles. The zero-order chi connectivity index (χ0) is 19.5. The molecule has 1 aliphatic heterocycles. The minimum atomic E-state index is -0.191. The summed E-state index contributed by atoms with van der Waals surface area (Å²) in [6.07, 6.45) is 1.13. The van der Waals surface area contributed by atoms with Crippen LogP contribution in [0.15, 0.2) is 29.3 Å². The average Bonchev–Trinajstić information content (AvgIpc) is 3.17. The largest absolute Gasteiger partial charge is 0.508 e. The Hall–Kier alpha value is -2.32. The van der Waals surface area contributed by atoms with Crippen LogP contribution in [0.1, 0.15) is 30.6 Å². The molecule has 1 heterocycles. The highest BCUT2D eigenvalue weighted by atomic mass is 16.5. The molecule has 0 radical (unpaired) electrons. The molecular weight excluding hydrogens is 348 g/mol. The normalized spacial score (nSPS) is 18.1. The van der Waals surface area contributed by atoms with Crippen LogP contribution in [-0.4, -0.2) is 68.6 Å². The standard InChI is InChI=1S/C19H30N4O4/c1-3-20-19(23-14(2)12-27-17-8-11-26-13-17)22-10-9-21-18(25)15-4-6-16(24)7-5-15/h4-7,14,17,24H,3,8-13H2,1-2H3,(H,21,25)(H2,20,22,23). The number of rotatable bonds is 9. The molecule has 0 aliphatic carbocycles. The van der Waals surface area contributed by atoms with Gasteiger partial charge in [0.05, 0.1) is 25.9 Å².